The van der Waals surface area contributed by atoms with E-state index in [0.717, 1.165) is 41.4 Å². The van der Waals surface area contributed by atoms with Crippen LogP contribution in [0.4, 0.5) is 0 Å². The minimum Gasteiger partial charge on any atom is -0.327 e. The van der Waals surface area contributed by atoms with E-state index in [4.69, 9.17) is 5.73 Å². The molecule has 0 aliphatic heterocycles. The Morgan fingerprint density at radius 2 is 1.72 bits per heavy atom. The molecule has 2 N–H and O–H groups in total. The van der Waals surface area contributed by atoms with Crippen LogP contribution < -0.4 is 5.73 Å². The number of rotatable bonds is 8. The lowest BCUT2D eigenvalue weighted by Gasteiger charge is -2.36. The number of nitrogens with two attached hydrogens (primary N) is 1. The maximum atomic E-state index is 6.45. The first-order valence-corrected chi connectivity index (χ1v) is 11.4. The summed E-state index contributed by atoms with van der Waals surface area (Å²) in [6.45, 7) is 17.2. The van der Waals surface area contributed by atoms with Gasteiger partial charge in [0.1, 0.15) is 0 Å². The fourth-order valence-electron chi connectivity index (χ4n) is 5.89. The third kappa shape index (κ3) is 5.24. The molecule has 25 heavy (non-hydrogen) atoms. The Morgan fingerprint density at radius 3 is 2.20 bits per heavy atom. The normalized spacial score (nSPS) is 38.6. The predicted octanol–water partition coefficient (Wildman–Crippen LogP) is 6.90. The minimum absolute atomic E-state index is 0.462. The molecular formula is C24H47N. The lowest BCUT2D eigenvalue weighted by molar-refractivity contribution is 0.140. The Hall–Kier alpha value is -0.0400. The molecule has 2 aliphatic carbocycles. The van der Waals surface area contributed by atoms with Gasteiger partial charge < -0.3 is 5.73 Å². The molecule has 2 rings (SSSR count). The van der Waals surface area contributed by atoms with E-state index in [-0.39, 0.29) is 0 Å². The Bertz CT molecular complexity index is 401. The predicted molar refractivity (Wildman–Crippen MR) is 111 cm³/mol. The SMILES string of the molecule is CC(C)C(CCC1CCC(C)C1N)CC(C)C1(C)CCC(C(C)C)C1. The van der Waals surface area contributed by atoms with Crippen LogP contribution in [0.2, 0.25) is 0 Å². The van der Waals surface area contributed by atoms with Crippen LogP contribution in [0.5, 0.6) is 0 Å². The average Bonchev–Trinajstić information content (AvgIpc) is 3.09. The first kappa shape index (κ1) is 21.3. The highest BCUT2D eigenvalue weighted by atomic mass is 14.7. The molecule has 7 atom stereocenters. The van der Waals surface area contributed by atoms with Gasteiger partial charge in [-0.25, -0.2) is 0 Å². The molecule has 0 aromatic carbocycles. The van der Waals surface area contributed by atoms with Crippen molar-refractivity contribution in [1.29, 1.82) is 0 Å². The zero-order valence-electron chi connectivity index (χ0n) is 18.4. The summed E-state index contributed by atoms with van der Waals surface area (Å²) in [7, 11) is 0. The van der Waals surface area contributed by atoms with Crippen LogP contribution in [0, 0.1) is 46.8 Å². The van der Waals surface area contributed by atoms with E-state index in [1.54, 1.807) is 0 Å². The van der Waals surface area contributed by atoms with Gasteiger partial charge in [0.05, 0.1) is 0 Å². The summed E-state index contributed by atoms with van der Waals surface area (Å²) in [4.78, 5) is 0. The molecular weight excluding hydrogens is 302 g/mol. The van der Waals surface area contributed by atoms with Gasteiger partial charge in [-0.2, -0.15) is 0 Å². The molecule has 0 aromatic rings. The maximum absolute atomic E-state index is 6.45. The molecule has 2 fully saturated rings. The minimum atomic E-state index is 0.462. The highest BCUT2D eigenvalue weighted by Gasteiger charge is 2.41. The summed E-state index contributed by atoms with van der Waals surface area (Å²) >= 11 is 0. The van der Waals surface area contributed by atoms with E-state index in [0.29, 0.717) is 11.5 Å². The maximum Gasteiger partial charge on any atom is 0.00930 e. The van der Waals surface area contributed by atoms with E-state index in [2.05, 4.69) is 48.5 Å². The molecule has 148 valence electrons. The second kappa shape index (κ2) is 8.77. The van der Waals surface area contributed by atoms with E-state index < -0.39 is 0 Å². The van der Waals surface area contributed by atoms with Crippen molar-refractivity contribution in [1.82, 2.24) is 0 Å². The van der Waals surface area contributed by atoms with Crippen LogP contribution >= 0.6 is 0 Å². The van der Waals surface area contributed by atoms with Gasteiger partial charge in [0.2, 0.25) is 0 Å². The van der Waals surface area contributed by atoms with Gasteiger partial charge in [-0.05, 0) is 98.2 Å². The fourth-order valence-corrected chi connectivity index (χ4v) is 5.89. The summed E-state index contributed by atoms with van der Waals surface area (Å²) in [5, 5.41) is 0. The van der Waals surface area contributed by atoms with E-state index >= 15 is 0 Å². The molecule has 2 saturated carbocycles. The van der Waals surface area contributed by atoms with Gasteiger partial charge >= 0.3 is 0 Å². The van der Waals surface area contributed by atoms with Gasteiger partial charge in [0.15, 0.2) is 0 Å². The third-order valence-electron chi connectivity index (χ3n) is 8.65. The van der Waals surface area contributed by atoms with Gasteiger partial charge in [-0.15, -0.1) is 0 Å². The lowest BCUT2D eigenvalue weighted by Crippen LogP contribution is -2.31. The van der Waals surface area contributed by atoms with Crippen LogP contribution in [0.15, 0.2) is 0 Å². The van der Waals surface area contributed by atoms with Gasteiger partial charge in [0.25, 0.3) is 0 Å². The van der Waals surface area contributed by atoms with Crippen molar-refractivity contribution in [2.24, 2.45) is 52.6 Å². The number of hydrogen-bond donors (Lipinski definition) is 1. The van der Waals surface area contributed by atoms with Gasteiger partial charge in [-0.1, -0.05) is 48.5 Å². The monoisotopic (exact) mass is 349 g/mol. The van der Waals surface area contributed by atoms with Crippen molar-refractivity contribution in [3.05, 3.63) is 0 Å². The Morgan fingerprint density at radius 1 is 1.04 bits per heavy atom. The van der Waals surface area contributed by atoms with Crippen LogP contribution in [-0.2, 0) is 0 Å². The molecule has 0 spiro atoms. The van der Waals surface area contributed by atoms with Crippen molar-refractivity contribution < 1.29 is 0 Å². The second-order valence-electron chi connectivity index (χ2n) is 11.0. The zero-order valence-corrected chi connectivity index (χ0v) is 18.4. The summed E-state index contributed by atoms with van der Waals surface area (Å²) in [6.07, 6.45) is 11.3. The molecule has 0 amide bonds. The molecule has 0 saturated heterocycles. The van der Waals surface area contributed by atoms with Crippen molar-refractivity contribution >= 4 is 0 Å². The molecule has 1 nitrogen and oxygen atoms in total. The summed E-state index contributed by atoms with van der Waals surface area (Å²) < 4.78 is 0. The molecule has 0 heterocycles. The Balaban J connectivity index is 1.88. The molecule has 2 aliphatic rings. The van der Waals surface area contributed by atoms with E-state index in [1.165, 1.54) is 51.4 Å². The van der Waals surface area contributed by atoms with E-state index in [1.807, 2.05) is 0 Å². The zero-order chi connectivity index (χ0) is 18.8. The van der Waals surface area contributed by atoms with Gasteiger partial charge in [0, 0.05) is 6.04 Å². The molecule has 0 radical (unpaired) electrons. The molecule has 0 bridgehead atoms. The first-order valence-electron chi connectivity index (χ1n) is 11.4. The third-order valence-corrected chi connectivity index (χ3v) is 8.65. The summed E-state index contributed by atoms with van der Waals surface area (Å²) in [5.74, 6) is 5.91. The second-order valence-corrected chi connectivity index (χ2v) is 11.0. The molecule has 1 heteroatoms. The highest BCUT2D eigenvalue weighted by molar-refractivity contribution is 4.92. The van der Waals surface area contributed by atoms with Crippen molar-refractivity contribution in [3.63, 3.8) is 0 Å². The van der Waals surface area contributed by atoms with Crippen molar-refractivity contribution in [3.8, 4) is 0 Å². The van der Waals surface area contributed by atoms with Crippen LogP contribution in [0.3, 0.4) is 0 Å². The summed E-state index contributed by atoms with van der Waals surface area (Å²) in [5.41, 5.74) is 7.03. The standard InChI is InChI=1S/C24H47N/c1-16(2)21(11-10-20-9-8-18(5)23(20)25)14-19(6)24(7)13-12-22(15-24)17(3)4/h16-23H,8-15,25H2,1-7H3. The molecule has 7 unspecified atom stereocenters. The Labute approximate surface area is 158 Å². The van der Waals surface area contributed by atoms with Crippen molar-refractivity contribution in [2.45, 2.75) is 106 Å². The average molecular weight is 350 g/mol. The fraction of sp³-hybridized carbons (Fsp3) is 1.00. The largest absolute Gasteiger partial charge is 0.327 e. The van der Waals surface area contributed by atoms with E-state index in [9.17, 15) is 0 Å². The first-order chi connectivity index (χ1) is 11.6. The van der Waals surface area contributed by atoms with Crippen LogP contribution in [0.1, 0.15) is 99.8 Å². The Kier molecular flexibility index (Phi) is 7.45. The highest BCUT2D eigenvalue weighted by Crippen LogP contribution is 2.51. The summed E-state index contributed by atoms with van der Waals surface area (Å²) in [6, 6.07) is 0.462. The van der Waals surface area contributed by atoms with Crippen LogP contribution in [0.25, 0.3) is 0 Å². The topological polar surface area (TPSA) is 26.0 Å². The lowest BCUT2D eigenvalue weighted by atomic mass is 9.69. The smallest absolute Gasteiger partial charge is 0.00930 e. The quantitative estimate of drug-likeness (QED) is 0.506. The number of hydrogen-bond acceptors (Lipinski definition) is 1. The van der Waals surface area contributed by atoms with Gasteiger partial charge in [-0.3, -0.25) is 0 Å². The molecule has 0 aromatic heterocycles. The van der Waals surface area contributed by atoms with Crippen molar-refractivity contribution in [2.75, 3.05) is 0 Å². The van der Waals surface area contributed by atoms with Crippen LogP contribution in [-0.4, -0.2) is 6.04 Å².